The Morgan fingerprint density at radius 3 is 2.74 bits per heavy atom. The lowest BCUT2D eigenvalue weighted by atomic mass is 9.84. The molecule has 0 saturated heterocycles. The third-order valence-electron chi connectivity index (χ3n) is 8.06. The van der Waals surface area contributed by atoms with Gasteiger partial charge in [0.2, 0.25) is 15.9 Å². The van der Waals surface area contributed by atoms with Gasteiger partial charge in [0.25, 0.3) is 0 Å². The van der Waals surface area contributed by atoms with Crippen LogP contribution in [0.5, 0.6) is 11.6 Å². The van der Waals surface area contributed by atoms with Crippen LogP contribution in [-0.4, -0.2) is 62.8 Å². The molecule has 0 aliphatic carbocycles. The van der Waals surface area contributed by atoms with Crippen LogP contribution in [0.15, 0.2) is 46.8 Å². The minimum atomic E-state index is -5.04. The van der Waals surface area contributed by atoms with Gasteiger partial charge in [0, 0.05) is 30.4 Å². The maximum absolute atomic E-state index is 14.0. The van der Waals surface area contributed by atoms with Gasteiger partial charge in [-0.25, -0.2) is 18.1 Å². The lowest BCUT2D eigenvalue weighted by Crippen LogP contribution is -2.36. The molecule has 4 heterocycles. The molecule has 248 valence electrons. The fourth-order valence-corrected chi connectivity index (χ4v) is 8.54. The van der Waals surface area contributed by atoms with Crippen LogP contribution in [0.25, 0.3) is 21.1 Å². The van der Waals surface area contributed by atoms with E-state index in [1.807, 2.05) is 18.4 Å². The second-order valence-electron chi connectivity index (χ2n) is 11.1. The standard InChI is InChI=1S/C30H27ClF3N5O6S2/c1-4-20-14-39(47(42,43)24-9-19(31)12-35-29(24)44-20)13-18-8-17(7-16-5-6-46-28(16)18)22(11-25(40)41)21-10-23(45-30(32,33)34)27-26(15(21)2)36-37-38(27)3/h5-10,12,20,22H,4,11,13-14H2,1-3H3,(H,40,41)/t20-,22-/m1/s1. The first kappa shape index (κ1) is 32.9. The lowest BCUT2D eigenvalue weighted by molar-refractivity contribution is -0.274. The van der Waals surface area contributed by atoms with E-state index >= 15 is 0 Å². The number of carboxylic acid groups (broad SMARTS) is 1. The van der Waals surface area contributed by atoms with E-state index in [9.17, 15) is 31.5 Å². The van der Waals surface area contributed by atoms with Crippen molar-refractivity contribution in [3.05, 3.63) is 69.2 Å². The quantitative estimate of drug-likeness (QED) is 0.194. The molecule has 3 aromatic heterocycles. The number of hydrogen-bond acceptors (Lipinski definition) is 9. The fourth-order valence-electron chi connectivity index (χ4n) is 5.88. The van der Waals surface area contributed by atoms with Crippen molar-refractivity contribution >= 4 is 60.0 Å². The van der Waals surface area contributed by atoms with Crippen LogP contribution < -0.4 is 9.47 Å². The van der Waals surface area contributed by atoms with E-state index in [1.165, 1.54) is 41.0 Å². The van der Waals surface area contributed by atoms with Crippen molar-refractivity contribution in [2.45, 2.75) is 56.5 Å². The van der Waals surface area contributed by atoms with Crippen LogP contribution in [0.1, 0.15) is 47.9 Å². The van der Waals surface area contributed by atoms with Crippen LogP contribution >= 0.6 is 22.9 Å². The Hall–Kier alpha value is -3.99. The molecule has 0 bridgehead atoms. The molecule has 1 aliphatic heterocycles. The Morgan fingerprint density at radius 1 is 1.28 bits per heavy atom. The number of aryl methyl sites for hydroxylation is 2. The summed E-state index contributed by atoms with van der Waals surface area (Å²) in [5.74, 6) is -2.78. The summed E-state index contributed by atoms with van der Waals surface area (Å²) in [6.07, 6.45) is -4.25. The number of carbonyl (C=O) groups is 1. The summed E-state index contributed by atoms with van der Waals surface area (Å²) >= 11 is 7.50. The van der Waals surface area contributed by atoms with E-state index in [-0.39, 0.29) is 45.5 Å². The molecule has 17 heteroatoms. The van der Waals surface area contributed by atoms with Crippen molar-refractivity contribution in [2.75, 3.05) is 6.54 Å². The van der Waals surface area contributed by atoms with Gasteiger partial charge in [0.05, 0.1) is 18.0 Å². The first-order valence-electron chi connectivity index (χ1n) is 14.3. The number of carboxylic acids is 1. The van der Waals surface area contributed by atoms with E-state index in [4.69, 9.17) is 16.3 Å². The molecule has 0 unspecified atom stereocenters. The van der Waals surface area contributed by atoms with Crippen LogP contribution in [0.2, 0.25) is 5.02 Å². The molecule has 2 aromatic carbocycles. The molecule has 0 spiro atoms. The van der Waals surface area contributed by atoms with Gasteiger partial charge in [-0.3, -0.25) is 4.79 Å². The van der Waals surface area contributed by atoms with Gasteiger partial charge in [-0.2, -0.15) is 4.31 Å². The summed E-state index contributed by atoms with van der Waals surface area (Å²) in [6.45, 7) is 3.39. The van der Waals surface area contributed by atoms with Crippen molar-refractivity contribution in [2.24, 2.45) is 7.05 Å². The van der Waals surface area contributed by atoms with Crippen LogP contribution in [-0.2, 0) is 28.4 Å². The number of fused-ring (bicyclic) bond motifs is 3. The Balaban J connectivity index is 1.51. The molecule has 11 nitrogen and oxygen atoms in total. The van der Waals surface area contributed by atoms with Gasteiger partial charge in [0.15, 0.2) is 5.75 Å². The Kier molecular flexibility index (Phi) is 8.57. The summed E-state index contributed by atoms with van der Waals surface area (Å²) in [7, 11) is -2.73. The van der Waals surface area contributed by atoms with Gasteiger partial charge in [-0.05, 0) is 70.6 Å². The van der Waals surface area contributed by atoms with Crippen LogP contribution in [0.3, 0.4) is 0 Å². The molecule has 6 rings (SSSR count). The molecule has 2 atom stereocenters. The van der Waals surface area contributed by atoms with Gasteiger partial charge in [-0.15, -0.1) is 29.6 Å². The first-order valence-corrected chi connectivity index (χ1v) is 17.0. The largest absolute Gasteiger partial charge is 0.573 e. The minimum absolute atomic E-state index is 0.000526. The van der Waals surface area contributed by atoms with Crippen LogP contribution in [0.4, 0.5) is 13.2 Å². The molecular formula is C30H27ClF3N5O6S2. The number of ether oxygens (including phenoxy) is 2. The highest BCUT2D eigenvalue weighted by atomic mass is 35.5. The van der Waals surface area contributed by atoms with E-state index in [0.29, 0.717) is 28.5 Å². The summed E-state index contributed by atoms with van der Waals surface area (Å²) in [5.41, 5.74) is 1.84. The van der Waals surface area contributed by atoms with E-state index in [1.54, 1.807) is 19.1 Å². The molecule has 5 aromatic rings. The second-order valence-corrected chi connectivity index (χ2v) is 14.4. The molecule has 0 saturated carbocycles. The first-order chi connectivity index (χ1) is 22.2. The number of thiophene rings is 1. The highest BCUT2D eigenvalue weighted by molar-refractivity contribution is 7.89. The van der Waals surface area contributed by atoms with E-state index in [0.717, 1.165) is 9.38 Å². The van der Waals surface area contributed by atoms with Gasteiger partial charge in [-0.1, -0.05) is 29.8 Å². The smallest absolute Gasteiger partial charge is 0.481 e. The van der Waals surface area contributed by atoms with Gasteiger partial charge in [0.1, 0.15) is 22.0 Å². The number of hydrogen-bond donors (Lipinski definition) is 1. The Labute approximate surface area is 275 Å². The predicted octanol–water partition coefficient (Wildman–Crippen LogP) is 6.41. The highest BCUT2D eigenvalue weighted by Crippen LogP contribution is 2.42. The molecule has 0 radical (unpaired) electrons. The molecule has 0 amide bonds. The Bertz CT molecular complexity index is 2140. The van der Waals surface area contributed by atoms with Crippen molar-refractivity contribution in [1.29, 1.82) is 0 Å². The number of pyridine rings is 1. The lowest BCUT2D eigenvalue weighted by Gasteiger charge is -2.24. The summed E-state index contributed by atoms with van der Waals surface area (Å²) in [5, 5.41) is 20.6. The number of nitrogens with zero attached hydrogens (tertiary/aromatic N) is 5. The van der Waals surface area contributed by atoms with Crippen molar-refractivity contribution in [3.63, 3.8) is 0 Å². The van der Waals surface area contributed by atoms with Crippen molar-refractivity contribution in [1.82, 2.24) is 24.3 Å². The third-order valence-corrected chi connectivity index (χ3v) is 11.1. The monoisotopic (exact) mass is 709 g/mol. The average Bonchev–Trinajstić information content (AvgIpc) is 3.61. The summed E-state index contributed by atoms with van der Waals surface area (Å²) < 4.78 is 82.0. The number of sulfonamides is 1. The number of rotatable bonds is 8. The maximum atomic E-state index is 14.0. The molecule has 1 N–H and O–H groups in total. The number of aromatic nitrogens is 4. The van der Waals surface area contributed by atoms with Gasteiger partial charge >= 0.3 is 12.3 Å². The molecule has 0 fully saturated rings. The van der Waals surface area contributed by atoms with Gasteiger partial charge < -0.3 is 14.6 Å². The van der Waals surface area contributed by atoms with Crippen LogP contribution in [0, 0.1) is 6.92 Å². The second kappa shape index (κ2) is 12.2. The van der Waals surface area contributed by atoms with Crippen molar-refractivity contribution < 1.29 is 41.0 Å². The molecule has 47 heavy (non-hydrogen) atoms. The normalized spacial score (nSPS) is 17.3. The molecular weight excluding hydrogens is 683 g/mol. The fraction of sp³-hybridized carbons (Fsp3) is 0.333. The zero-order valence-corrected chi connectivity index (χ0v) is 27.5. The zero-order chi connectivity index (χ0) is 33.8. The van der Waals surface area contributed by atoms with Crippen molar-refractivity contribution in [3.8, 4) is 11.6 Å². The predicted molar refractivity (Wildman–Crippen MR) is 167 cm³/mol. The summed E-state index contributed by atoms with van der Waals surface area (Å²) in [6, 6.07) is 7.75. The highest BCUT2D eigenvalue weighted by Gasteiger charge is 2.37. The maximum Gasteiger partial charge on any atom is 0.573 e. The Morgan fingerprint density at radius 2 is 2.04 bits per heavy atom. The molecule has 1 aliphatic rings. The average molecular weight is 710 g/mol. The third kappa shape index (κ3) is 6.34. The topological polar surface area (TPSA) is 137 Å². The SMILES string of the molecule is CC[C@@H]1CN(Cc2cc([C@@H](CC(=O)O)c3cc(OC(F)(F)F)c4c(nnn4C)c3C)cc3ccsc23)S(=O)(=O)c2cc(Cl)cnc2O1. The number of halogens is 4. The van der Waals surface area contributed by atoms with E-state index in [2.05, 4.69) is 20.0 Å². The van der Waals surface area contributed by atoms with E-state index < -0.39 is 46.5 Å². The zero-order valence-electron chi connectivity index (χ0n) is 25.1. The number of aliphatic carboxylic acids is 1. The number of benzene rings is 2. The summed E-state index contributed by atoms with van der Waals surface area (Å²) in [4.78, 5) is 16.2. The number of alkyl halides is 3. The minimum Gasteiger partial charge on any atom is -0.481 e.